The van der Waals surface area contributed by atoms with Crippen LogP contribution >= 0.6 is 0 Å². The first-order valence-electron chi connectivity index (χ1n) is 4.13. The van der Waals surface area contributed by atoms with Gasteiger partial charge in [-0.1, -0.05) is 18.2 Å². The molecule has 1 aromatic carbocycles. The van der Waals surface area contributed by atoms with Crippen molar-refractivity contribution in [2.75, 3.05) is 7.11 Å². The van der Waals surface area contributed by atoms with Crippen LogP contribution in [0.3, 0.4) is 0 Å². The van der Waals surface area contributed by atoms with Gasteiger partial charge in [0.2, 0.25) is 0 Å². The van der Waals surface area contributed by atoms with E-state index in [1.54, 1.807) is 13.2 Å². The lowest BCUT2D eigenvalue weighted by Gasteiger charge is -2.06. The molecule has 0 amide bonds. The number of ether oxygens (including phenoxy) is 1. The quantitative estimate of drug-likeness (QED) is 0.721. The van der Waals surface area contributed by atoms with Crippen LogP contribution in [0.1, 0.15) is 12.5 Å². The van der Waals surface area contributed by atoms with Gasteiger partial charge in [-0.3, -0.25) is 0 Å². The molecule has 0 saturated carbocycles. The minimum atomic E-state index is 0.174. The third-order valence-electron chi connectivity index (χ3n) is 1.75. The average molecular weight is 178 g/mol. The van der Waals surface area contributed by atoms with Crippen molar-refractivity contribution in [3.05, 3.63) is 35.9 Å². The highest BCUT2D eigenvalue weighted by Crippen LogP contribution is 2.26. The van der Waals surface area contributed by atoms with Crippen molar-refractivity contribution in [1.29, 1.82) is 0 Å². The van der Waals surface area contributed by atoms with Gasteiger partial charge in [-0.25, -0.2) is 0 Å². The van der Waals surface area contributed by atoms with E-state index in [9.17, 15) is 5.11 Å². The van der Waals surface area contributed by atoms with Gasteiger partial charge < -0.3 is 9.84 Å². The maximum Gasteiger partial charge on any atom is 0.160 e. The Morgan fingerprint density at radius 2 is 2.23 bits per heavy atom. The molecule has 0 spiro atoms. The van der Waals surface area contributed by atoms with Crippen LogP contribution in [0.5, 0.6) is 11.5 Å². The zero-order valence-corrected chi connectivity index (χ0v) is 8.00. The first kappa shape index (κ1) is 9.65. The fourth-order valence-electron chi connectivity index (χ4n) is 1.18. The first-order chi connectivity index (χ1) is 6.13. The highest BCUT2D eigenvalue weighted by Gasteiger charge is 2.01. The zero-order chi connectivity index (χ0) is 9.84. The van der Waals surface area contributed by atoms with Gasteiger partial charge in [-0.15, -0.1) is 0 Å². The summed E-state index contributed by atoms with van der Waals surface area (Å²) in [5.74, 6) is 0.687. The highest BCUT2D eigenvalue weighted by molar-refractivity contribution is 5.42. The van der Waals surface area contributed by atoms with Crippen LogP contribution in [-0.4, -0.2) is 12.2 Å². The standard InChI is InChI=1S/C11H14O2/c1-8(2)6-9-4-5-10(12)11(7-9)13-3/h4-5,7,12H,1,6H2,2-3H3. The van der Waals surface area contributed by atoms with E-state index in [0.717, 1.165) is 17.6 Å². The lowest BCUT2D eigenvalue weighted by Crippen LogP contribution is -1.89. The Labute approximate surface area is 78.5 Å². The molecular formula is C11H14O2. The zero-order valence-electron chi connectivity index (χ0n) is 8.00. The molecule has 0 fully saturated rings. The van der Waals surface area contributed by atoms with E-state index < -0.39 is 0 Å². The summed E-state index contributed by atoms with van der Waals surface area (Å²) in [5.41, 5.74) is 2.19. The van der Waals surface area contributed by atoms with Gasteiger partial charge >= 0.3 is 0 Å². The summed E-state index contributed by atoms with van der Waals surface area (Å²) in [5, 5.41) is 9.32. The summed E-state index contributed by atoms with van der Waals surface area (Å²) in [6.45, 7) is 5.80. The van der Waals surface area contributed by atoms with Crippen molar-refractivity contribution in [2.45, 2.75) is 13.3 Å². The topological polar surface area (TPSA) is 29.5 Å². The van der Waals surface area contributed by atoms with Crippen LogP contribution in [0.25, 0.3) is 0 Å². The van der Waals surface area contributed by atoms with Crippen LogP contribution in [0, 0.1) is 0 Å². The molecule has 2 heteroatoms. The summed E-state index contributed by atoms with van der Waals surface area (Å²) in [6.07, 6.45) is 0.816. The van der Waals surface area contributed by atoms with Gasteiger partial charge in [0.1, 0.15) is 0 Å². The Morgan fingerprint density at radius 3 is 2.77 bits per heavy atom. The minimum Gasteiger partial charge on any atom is -0.504 e. The van der Waals surface area contributed by atoms with E-state index in [1.165, 1.54) is 0 Å². The van der Waals surface area contributed by atoms with E-state index in [2.05, 4.69) is 6.58 Å². The van der Waals surface area contributed by atoms with E-state index in [1.807, 2.05) is 19.1 Å². The summed E-state index contributed by atoms with van der Waals surface area (Å²) in [6, 6.07) is 5.33. The summed E-state index contributed by atoms with van der Waals surface area (Å²) in [7, 11) is 1.54. The summed E-state index contributed by atoms with van der Waals surface area (Å²) < 4.78 is 4.99. The summed E-state index contributed by atoms with van der Waals surface area (Å²) in [4.78, 5) is 0. The molecule has 2 nitrogen and oxygen atoms in total. The Hall–Kier alpha value is -1.44. The third kappa shape index (κ3) is 2.51. The second kappa shape index (κ2) is 3.99. The number of allylic oxidation sites excluding steroid dienone is 1. The molecule has 13 heavy (non-hydrogen) atoms. The second-order valence-corrected chi connectivity index (χ2v) is 3.14. The molecule has 0 unspecified atom stereocenters. The fraction of sp³-hybridized carbons (Fsp3) is 0.273. The number of methoxy groups -OCH3 is 1. The smallest absolute Gasteiger partial charge is 0.160 e. The SMILES string of the molecule is C=C(C)Cc1ccc(O)c(OC)c1. The molecule has 0 aliphatic carbocycles. The molecule has 0 aliphatic heterocycles. The lowest BCUT2D eigenvalue weighted by atomic mass is 10.1. The number of aromatic hydroxyl groups is 1. The fourth-order valence-corrected chi connectivity index (χ4v) is 1.18. The minimum absolute atomic E-state index is 0.174. The first-order valence-corrected chi connectivity index (χ1v) is 4.13. The van der Waals surface area contributed by atoms with Gasteiger partial charge in [0.05, 0.1) is 7.11 Å². The Morgan fingerprint density at radius 1 is 1.54 bits per heavy atom. The maximum absolute atomic E-state index is 9.32. The van der Waals surface area contributed by atoms with Crippen molar-refractivity contribution >= 4 is 0 Å². The van der Waals surface area contributed by atoms with Gasteiger partial charge in [0.15, 0.2) is 11.5 Å². The number of hydrogen-bond donors (Lipinski definition) is 1. The van der Waals surface area contributed by atoms with E-state index in [0.29, 0.717) is 5.75 Å². The predicted molar refractivity (Wildman–Crippen MR) is 53.2 cm³/mol. The number of benzene rings is 1. The Kier molecular flexibility index (Phi) is 2.96. The van der Waals surface area contributed by atoms with Crippen LogP contribution in [0.4, 0.5) is 0 Å². The number of hydrogen-bond acceptors (Lipinski definition) is 2. The number of rotatable bonds is 3. The molecule has 0 aromatic heterocycles. The van der Waals surface area contributed by atoms with Gasteiger partial charge in [0.25, 0.3) is 0 Å². The number of phenolic OH excluding ortho intramolecular Hbond substituents is 1. The van der Waals surface area contributed by atoms with Crippen molar-refractivity contribution in [1.82, 2.24) is 0 Å². The Balaban J connectivity index is 2.92. The van der Waals surface area contributed by atoms with Crippen LogP contribution < -0.4 is 4.74 Å². The molecule has 0 aliphatic rings. The molecule has 0 radical (unpaired) electrons. The molecule has 70 valence electrons. The largest absolute Gasteiger partial charge is 0.504 e. The molecule has 0 saturated heterocycles. The third-order valence-corrected chi connectivity index (χ3v) is 1.75. The second-order valence-electron chi connectivity index (χ2n) is 3.14. The Bertz CT molecular complexity index is 316. The molecule has 1 N–H and O–H groups in total. The summed E-state index contributed by atoms with van der Waals surface area (Å²) >= 11 is 0. The lowest BCUT2D eigenvalue weighted by molar-refractivity contribution is 0.373. The van der Waals surface area contributed by atoms with E-state index in [4.69, 9.17) is 4.74 Å². The van der Waals surface area contributed by atoms with Crippen molar-refractivity contribution < 1.29 is 9.84 Å². The van der Waals surface area contributed by atoms with E-state index >= 15 is 0 Å². The maximum atomic E-state index is 9.32. The van der Waals surface area contributed by atoms with Crippen LogP contribution in [-0.2, 0) is 6.42 Å². The normalized spacial score (nSPS) is 9.69. The van der Waals surface area contributed by atoms with Crippen LogP contribution in [0.15, 0.2) is 30.4 Å². The monoisotopic (exact) mass is 178 g/mol. The van der Waals surface area contributed by atoms with Gasteiger partial charge in [-0.2, -0.15) is 0 Å². The molecular weight excluding hydrogens is 164 g/mol. The highest BCUT2D eigenvalue weighted by atomic mass is 16.5. The van der Waals surface area contributed by atoms with Gasteiger partial charge in [-0.05, 0) is 31.0 Å². The van der Waals surface area contributed by atoms with Crippen molar-refractivity contribution in [2.24, 2.45) is 0 Å². The molecule has 1 aromatic rings. The molecule has 0 atom stereocenters. The van der Waals surface area contributed by atoms with E-state index in [-0.39, 0.29) is 5.75 Å². The van der Waals surface area contributed by atoms with Crippen LogP contribution in [0.2, 0.25) is 0 Å². The molecule has 0 bridgehead atoms. The number of phenols is 1. The van der Waals surface area contributed by atoms with Gasteiger partial charge in [0, 0.05) is 0 Å². The molecule has 0 heterocycles. The predicted octanol–water partition coefficient (Wildman–Crippen LogP) is 2.52. The average Bonchev–Trinajstić information content (AvgIpc) is 2.07. The van der Waals surface area contributed by atoms with Crippen molar-refractivity contribution in [3.63, 3.8) is 0 Å². The van der Waals surface area contributed by atoms with Crippen molar-refractivity contribution in [3.8, 4) is 11.5 Å². The molecule has 1 rings (SSSR count).